The van der Waals surface area contributed by atoms with Gasteiger partial charge in [0, 0.05) is 26.2 Å². The van der Waals surface area contributed by atoms with Gasteiger partial charge in [0.25, 0.3) is 0 Å². The summed E-state index contributed by atoms with van der Waals surface area (Å²) in [7, 11) is -3.75. The summed E-state index contributed by atoms with van der Waals surface area (Å²) in [5.74, 6) is 0. The molecule has 1 heterocycles. The predicted octanol–water partition coefficient (Wildman–Crippen LogP) is 1.92. The van der Waals surface area contributed by atoms with Crippen LogP contribution in [0.2, 0.25) is 0 Å². The molecule has 3 N–H and O–H groups in total. The minimum atomic E-state index is -3.75. The van der Waals surface area contributed by atoms with Gasteiger partial charge in [0.05, 0.1) is 11.0 Å². The Bertz CT molecular complexity index is 887. The van der Waals surface area contributed by atoms with Gasteiger partial charge in [-0.25, -0.2) is 8.42 Å². The van der Waals surface area contributed by atoms with E-state index in [1.807, 2.05) is 0 Å². The summed E-state index contributed by atoms with van der Waals surface area (Å²) >= 11 is 0. The molecule has 1 aliphatic rings. The fourth-order valence-electron chi connectivity index (χ4n) is 3.56. The zero-order valence-corrected chi connectivity index (χ0v) is 17.6. The lowest BCUT2D eigenvalue weighted by atomic mass is 10.0. The van der Waals surface area contributed by atoms with E-state index in [-0.39, 0.29) is 24.5 Å². The van der Waals surface area contributed by atoms with Gasteiger partial charge >= 0.3 is 0 Å². The van der Waals surface area contributed by atoms with Crippen LogP contribution in [0.15, 0.2) is 59.5 Å². The van der Waals surface area contributed by atoms with Crippen LogP contribution in [0.1, 0.15) is 30.9 Å². The molecule has 0 aliphatic carbocycles. The molecular formula is C22H30N2O4S. The van der Waals surface area contributed by atoms with Crippen LogP contribution in [0.5, 0.6) is 0 Å². The van der Waals surface area contributed by atoms with E-state index in [0.29, 0.717) is 6.54 Å². The van der Waals surface area contributed by atoms with Crippen LogP contribution in [0.4, 0.5) is 0 Å². The third-order valence-electron chi connectivity index (χ3n) is 5.43. The lowest BCUT2D eigenvalue weighted by molar-refractivity contribution is -0.0384. The Morgan fingerprint density at radius 3 is 2.41 bits per heavy atom. The second kappa shape index (κ2) is 9.36. The standard InChI is InChI=1S/C22H30N2O4S/c1-2-3-7-18-10-12-19(13-11-18)14-23-16-22(26)17-24(15-21(22)25)29(27,28)20-8-5-4-6-9-20/h4-6,8-13,21,23,25-26H,2-3,7,14-17H2,1H3/t21-,22+/m1/s1. The molecule has 3 rings (SSSR count). The molecule has 0 bridgehead atoms. The average molecular weight is 419 g/mol. The van der Waals surface area contributed by atoms with Crippen molar-refractivity contribution in [3.8, 4) is 0 Å². The summed E-state index contributed by atoms with van der Waals surface area (Å²) in [6.07, 6.45) is 2.26. The molecule has 0 aromatic heterocycles. The first-order valence-corrected chi connectivity index (χ1v) is 11.5. The molecular weight excluding hydrogens is 388 g/mol. The number of rotatable bonds is 9. The van der Waals surface area contributed by atoms with Crippen LogP contribution in [-0.4, -0.2) is 54.3 Å². The molecule has 29 heavy (non-hydrogen) atoms. The highest BCUT2D eigenvalue weighted by Crippen LogP contribution is 2.27. The first-order valence-electron chi connectivity index (χ1n) is 10.1. The molecule has 1 fully saturated rings. The summed E-state index contributed by atoms with van der Waals surface area (Å²) in [4.78, 5) is 0.160. The molecule has 6 nitrogen and oxygen atoms in total. The van der Waals surface area contributed by atoms with E-state index in [9.17, 15) is 18.6 Å². The van der Waals surface area contributed by atoms with E-state index >= 15 is 0 Å². The van der Waals surface area contributed by atoms with Gasteiger partial charge in [0.15, 0.2) is 0 Å². The molecule has 0 radical (unpaired) electrons. The minimum Gasteiger partial charge on any atom is -0.389 e. The Morgan fingerprint density at radius 1 is 1.10 bits per heavy atom. The number of aliphatic hydroxyl groups excluding tert-OH is 1. The second-order valence-corrected chi connectivity index (χ2v) is 9.69. The second-order valence-electron chi connectivity index (χ2n) is 7.75. The molecule has 0 unspecified atom stereocenters. The Balaban J connectivity index is 1.57. The minimum absolute atomic E-state index is 0.104. The van der Waals surface area contributed by atoms with E-state index in [1.165, 1.54) is 30.5 Å². The summed E-state index contributed by atoms with van der Waals surface area (Å²) < 4.78 is 26.7. The van der Waals surface area contributed by atoms with Crippen molar-refractivity contribution >= 4 is 10.0 Å². The van der Waals surface area contributed by atoms with Crippen LogP contribution in [0.25, 0.3) is 0 Å². The largest absolute Gasteiger partial charge is 0.389 e. The van der Waals surface area contributed by atoms with Crippen LogP contribution in [0.3, 0.4) is 0 Å². The number of aryl methyl sites for hydroxylation is 1. The fraction of sp³-hybridized carbons (Fsp3) is 0.455. The van der Waals surface area contributed by atoms with Crippen LogP contribution >= 0.6 is 0 Å². The number of nitrogens with zero attached hydrogens (tertiary/aromatic N) is 1. The molecule has 7 heteroatoms. The maximum atomic E-state index is 12.8. The Labute approximate surface area is 173 Å². The lowest BCUT2D eigenvalue weighted by Crippen LogP contribution is -2.50. The van der Waals surface area contributed by atoms with Crippen molar-refractivity contribution in [2.24, 2.45) is 0 Å². The summed E-state index contributed by atoms with van der Waals surface area (Å²) in [6.45, 7) is 2.55. The summed E-state index contributed by atoms with van der Waals surface area (Å²) in [5, 5.41) is 24.3. The number of β-amino-alcohol motifs (C(OH)–C–C–N with tert-alkyl or cyclic N) is 2. The number of aliphatic hydroxyl groups is 2. The Kier molecular flexibility index (Phi) is 7.08. The van der Waals surface area contributed by atoms with Gasteiger partial charge in [0.1, 0.15) is 5.60 Å². The van der Waals surface area contributed by atoms with Gasteiger partial charge in [0.2, 0.25) is 10.0 Å². The smallest absolute Gasteiger partial charge is 0.243 e. The zero-order valence-electron chi connectivity index (χ0n) is 16.8. The Hall–Kier alpha value is -1.77. The fourth-order valence-corrected chi connectivity index (χ4v) is 5.09. The molecule has 158 valence electrons. The third-order valence-corrected chi connectivity index (χ3v) is 7.26. The van der Waals surface area contributed by atoms with Crippen molar-refractivity contribution in [3.63, 3.8) is 0 Å². The van der Waals surface area contributed by atoms with Crippen molar-refractivity contribution < 1.29 is 18.6 Å². The molecule has 1 aliphatic heterocycles. The number of unbranched alkanes of at least 4 members (excludes halogenated alkanes) is 1. The molecule has 0 spiro atoms. The van der Waals surface area contributed by atoms with E-state index in [2.05, 4.69) is 36.5 Å². The Morgan fingerprint density at radius 2 is 1.76 bits per heavy atom. The van der Waals surface area contributed by atoms with Crippen molar-refractivity contribution in [2.45, 2.75) is 49.3 Å². The number of hydrogen-bond acceptors (Lipinski definition) is 5. The van der Waals surface area contributed by atoms with Gasteiger partial charge in [-0.1, -0.05) is 55.8 Å². The van der Waals surface area contributed by atoms with E-state index in [4.69, 9.17) is 0 Å². The topological polar surface area (TPSA) is 89.9 Å². The van der Waals surface area contributed by atoms with Crippen LogP contribution < -0.4 is 5.32 Å². The van der Waals surface area contributed by atoms with E-state index < -0.39 is 21.7 Å². The number of benzene rings is 2. The van der Waals surface area contributed by atoms with Crippen molar-refractivity contribution in [2.75, 3.05) is 19.6 Å². The van der Waals surface area contributed by atoms with E-state index in [1.54, 1.807) is 18.2 Å². The molecule has 2 aromatic rings. The quantitative estimate of drug-likeness (QED) is 0.579. The van der Waals surface area contributed by atoms with Crippen LogP contribution in [-0.2, 0) is 23.0 Å². The maximum absolute atomic E-state index is 12.8. The summed E-state index contributed by atoms with van der Waals surface area (Å²) in [6, 6.07) is 16.4. The first kappa shape index (κ1) is 21.9. The molecule has 1 saturated heterocycles. The van der Waals surface area contributed by atoms with E-state index in [0.717, 1.165) is 16.3 Å². The third kappa shape index (κ3) is 5.24. The van der Waals surface area contributed by atoms with Gasteiger partial charge in [-0.2, -0.15) is 4.31 Å². The lowest BCUT2D eigenvalue weighted by Gasteiger charge is -2.26. The van der Waals surface area contributed by atoms with Crippen molar-refractivity contribution in [1.29, 1.82) is 0 Å². The normalized spacial score (nSPS) is 22.8. The molecule has 2 atom stereocenters. The van der Waals surface area contributed by atoms with Gasteiger partial charge in [-0.15, -0.1) is 0 Å². The summed E-state index contributed by atoms with van der Waals surface area (Å²) in [5.41, 5.74) is 0.862. The average Bonchev–Trinajstić information content (AvgIpc) is 3.03. The van der Waals surface area contributed by atoms with Crippen LogP contribution in [0, 0.1) is 0 Å². The maximum Gasteiger partial charge on any atom is 0.243 e. The van der Waals surface area contributed by atoms with Crippen molar-refractivity contribution in [1.82, 2.24) is 9.62 Å². The monoisotopic (exact) mass is 418 g/mol. The number of nitrogens with one attached hydrogen (secondary N) is 1. The molecule has 2 aromatic carbocycles. The first-order chi connectivity index (χ1) is 13.8. The van der Waals surface area contributed by atoms with Gasteiger partial charge < -0.3 is 15.5 Å². The number of sulfonamides is 1. The van der Waals surface area contributed by atoms with Crippen molar-refractivity contribution in [3.05, 3.63) is 65.7 Å². The predicted molar refractivity (Wildman–Crippen MR) is 113 cm³/mol. The van der Waals surface area contributed by atoms with Gasteiger partial charge in [-0.3, -0.25) is 0 Å². The highest BCUT2D eigenvalue weighted by molar-refractivity contribution is 7.89. The molecule has 0 saturated carbocycles. The molecule has 0 amide bonds. The zero-order chi connectivity index (χ0) is 20.9. The van der Waals surface area contributed by atoms with Gasteiger partial charge in [-0.05, 0) is 36.1 Å². The highest BCUT2D eigenvalue weighted by Gasteiger charge is 2.48. The SMILES string of the molecule is CCCCc1ccc(CNC[C@]2(O)CN(S(=O)(=O)c3ccccc3)C[C@H]2O)cc1. The number of hydrogen-bond donors (Lipinski definition) is 3. The highest BCUT2D eigenvalue weighted by atomic mass is 32.2.